The van der Waals surface area contributed by atoms with Gasteiger partial charge in [-0.25, -0.2) is 0 Å². The van der Waals surface area contributed by atoms with E-state index in [9.17, 15) is 0 Å². The van der Waals surface area contributed by atoms with Gasteiger partial charge in [0, 0.05) is 12.6 Å². The molecule has 0 amide bonds. The lowest BCUT2D eigenvalue weighted by Gasteiger charge is -2.23. The van der Waals surface area contributed by atoms with E-state index in [4.69, 9.17) is 4.74 Å². The first-order valence-corrected chi connectivity index (χ1v) is 6.05. The zero-order chi connectivity index (χ0) is 10.8. The number of unbranched alkanes of at least 4 members (excludes halogenated alkanes) is 3. The maximum absolute atomic E-state index is 5.59. The van der Waals surface area contributed by atoms with Crippen molar-refractivity contribution in [3.05, 3.63) is 0 Å². The second-order valence-electron chi connectivity index (χ2n) is 3.90. The van der Waals surface area contributed by atoms with Crippen LogP contribution in [0.25, 0.3) is 0 Å². The predicted molar refractivity (Wildman–Crippen MR) is 62.7 cm³/mol. The van der Waals surface area contributed by atoms with Gasteiger partial charge in [0.25, 0.3) is 0 Å². The molecule has 0 spiro atoms. The molecule has 0 radical (unpaired) electrons. The molecule has 0 aromatic carbocycles. The van der Waals surface area contributed by atoms with Gasteiger partial charge < -0.3 is 10.1 Å². The van der Waals surface area contributed by atoms with E-state index in [1.165, 1.54) is 32.1 Å². The fourth-order valence-corrected chi connectivity index (χ4v) is 1.78. The minimum atomic E-state index is 0.339. The Kier molecular flexibility index (Phi) is 9.42. The van der Waals surface area contributed by atoms with E-state index in [-0.39, 0.29) is 0 Å². The van der Waals surface area contributed by atoms with Crippen molar-refractivity contribution in [2.24, 2.45) is 0 Å². The molecule has 0 fully saturated rings. The van der Waals surface area contributed by atoms with Gasteiger partial charge in [-0.15, -0.1) is 0 Å². The molecule has 0 aliphatic rings. The molecule has 0 saturated heterocycles. The van der Waals surface area contributed by atoms with Crippen LogP contribution in [0.15, 0.2) is 0 Å². The minimum absolute atomic E-state index is 0.339. The number of nitrogens with one attached hydrogen (secondary N) is 1. The minimum Gasteiger partial charge on any atom is -0.377 e. The molecule has 0 aliphatic heterocycles. The Balaban J connectivity index is 3.56. The van der Waals surface area contributed by atoms with Crippen LogP contribution in [0.2, 0.25) is 0 Å². The molecule has 2 unspecified atom stereocenters. The second kappa shape index (κ2) is 9.47. The van der Waals surface area contributed by atoms with E-state index >= 15 is 0 Å². The SMILES string of the molecule is CCCCCCC(NC)C(C)OCC. The van der Waals surface area contributed by atoms with Gasteiger partial charge in [-0.3, -0.25) is 0 Å². The normalized spacial score (nSPS) is 15.4. The molecule has 0 aromatic heterocycles. The van der Waals surface area contributed by atoms with E-state index in [0.29, 0.717) is 12.1 Å². The largest absolute Gasteiger partial charge is 0.377 e. The fourth-order valence-electron chi connectivity index (χ4n) is 1.78. The molecule has 14 heavy (non-hydrogen) atoms. The van der Waals surface area contributed by atoms with Crippen LogP contribution in [0.5, 0.6) is 0 Å². The Morgan fingerprint density at radius 3 is 2.36 bits per heavy atom. The summed E-state index contributed by atoms with van der Waals surface area (Å²) in [4.78, 5) is 0. The summed E-state index contributed by atoms with van der Waals surface area (Å²) < 4.78 is 5.59. The Morgan fingerprint density at radius 1 is 1.14 bits per heavy atom. The molecule has 2 heteroatoms. The highest BCUT2D eigenvalue weighted by atomic mass is 16.5. The van der Waals surface area contributed by atoms with Crippen molar-refractivity contribution in [3.8, 4) is 0 Å². The van der Waals surface area contributed by atoms with E-state index in [1.807, 2.05) is 7.05 Å². The van der Waals surface area contributed by atoms with Gasteiger partial charge in [0.05, 0.1) is 6.10 Å². The number of ether oxygens (including phenoxy) is 1. The number of likely N-dealkylation sites (N-methyl/N-ethyl adjacent to an activating group) is 1. The quantitative estimate of drug-likeness (QED) is 0.579. The van der Waals surface area contributed by atoms with Crippen LogP contribution in [0, 0.1) is 0 Å². The molecule has 0 aliphatic carbocycles. The van der Waals surface area contributed by atoms with Crippen LogP contribution in [0.1, 0.15) is 52.9 Å². The maximum atomic E-state index is 5.59. The summed E-state index contributed by atoms with van der Waals surface area (Å²) in [7, 11) is 2.03. The zero-order valence-electron chi connectivity index (χ0n) is 10.3. The average Bonchev–Trinajstić information content (AvgIpc) is 2.18. The maximum Gasteiger partial charge on any atom is 0.0699 e. The fraction of sp³-hybridized carbons (Fsp3) is 1.00. The van der Waals surface area contributed by atoms with Crippen LogP contribution in [0.3, 0.4) is 0 Å². The second-order valence-corrected chi connectivity index (χ2v) is 3.90. The van der Waals surface area contributed by atoms with Crippen LogP contribution >= 0.6 is 0 Å². The summed E-state index contributed by atoms with van der Waals surface area (Å²) in [6.45, 7) is 7.28. The van der Waals surface area contributed by atoms with E-state index in [1.54, 1.807) is 0 Å². The summed E-state index contributed by atoms with van der Waals surface area (Å²) in [5.41, 5.74) is 0. The summed E-state index contributed by atoms with van der Waals surface area (Å²) >= 11 is 0. The summed E-state index contributed by atoms with van der Waals surface area (Å²) in [6.07, 6.45) is 6.92. The first-order chi connectivity index (χ1) is 6.76. The van der Waals surface area contributed by atoms with Gasteiger partial charge in [-0.05, 0) is 27.3 Å². The van der Waals surface area contributed by atoms with Gasteiger partial charge in [0.15, 0.2) is 0 Å². The van der Waals surface area contributed by atoms with Crippen molar-refractivity contribution in [2.75, 3.05) is 13.7 Å². The lowest BCUT2D eigenvalue weighted by molar-refractivity contribution is 0.0466. The first-order valence-electron chi connectivity index (χ1n) is 6.05. The standard InChI is InChI=1S/C12H27NO/c1-5-7-8-9-10-12(13-4)11(3)14-6-2/h11-13H,5-10H2,1-4H3. The van der Waals surface area contributed by atoms with Crippen LogP contribution in [0.4, 0.5) is 0 Å². The van der Waals surface area contributed by atoms with Crippen molar-refractivity contribution in [2.45, 2.75) is 65.0 Å². The topological polar surface area (TPSA) is 21.3 Å². The third-order valence-electron chi connectivity index (χ3n) is 2.74. The lowest BCUT2D eigenvalue weighted by Crippen LogP contribution is -2.37. The smallest absolute Gasteiger partial charge is 0.0699 e. The lowest BCUT2D eigenvalue weighted by atomic mass is 10.0. The molecular formula is C12H27NO. The molecular weight excluding hydrogens is 174 g/mol. The van der Waals surface area contributed by atoms with Crippen molar-refractivity contribution < 1.29 is 4.74 Å². The van der Waals surface area contributed by atoms with Crippen LogP contribution in [-0.4, -0.2) is 25.8 Å². The molecule has 0 aromatic rings. The number of hydrogen-bond donors (Lipinski definition) is 1. The zero-order valence-corrected chi connectivity index (χ0v) is 10.3. The Labute approximate surface area is 89.4 Å². The van der Waals surface area contributed by atoms with E-state index in [2.05, 4.69) is 26.1 Å². The Bertz CT molecular complexity index is 117. The number of hydrogen-bond acceptors (Lipinski definition) is 2. The van der Waals surface area contributed by atoms with Crippen LogP contribution < -0.4 is 5.32 Å². The van der Waals surface area contributed by atoms with Crippen molar-refractivity contribution in [1.82, 2.24) is 5.32 Å². The molecule has 0 bridgehead atoms. The molecule has 2 nitrogen and oxygen atoms in total. The third-order valence-corrected chi connectivity index (χ3v) is 2.74. The van der Waals surface area contributed by atoms with Crippen molar-refractivity contribution in [3.63, 3.8) is 0 Å². The van der Waals surface area contributed by atoms with Crippen molar-refractivity contribution >= 4 is 0 Å². The molecule has 1 N–H and O–H groups in total. The summed E-state index contributed by atoms with van der Waals surface area (Å²) in [5, 5.41) is 3.34. The summed E-state index contributed by atoms with van der Waals surface area (Å²) in [5.74, 6) is 0. The average molecular weight is 201 g/mol. The molecule has 2 atom stereocenters. The van der Waals surface area contributed by atoms with Gasteiger partial charge in [0.2, 0.25) is 0 Å². The Morgan fingerprint density at radius 2 is 1.86 bits per heavy atom. The monoisotopic (exact) mass is 201 g/mol. The van der Waals surface area contributed by atoms with Gasteiger partial charge in [-0.2, -0.15) is 0 Å². The first kappa shape index (κ1) is 13.9. The van der Waals surface area contributed by atoms with E-state index < -0.39 is 0 Å². The predicted octanol–water partition coefficient (Wildman–Crippen LogP) is 2.97. The highest BCUT2D eigenvalue weighted by Crippen LogP contribution is 2.09. The van der Waals surface area contributed by atoms with Crippen LogP contribution in [-0.2, 0) is 4.74 Å². The van der Waals surface area contributed by atoms with Gasteiger partial charge in [-0.1, -0.05) is 32.6 Å². The van der Waals surface area contributed by atoms with Gasteiger partial charge >= 0.3 is 0 Å². The molecule has 86 valence electrons. The third kappa shape index (κ3) is 6.39. The highest BCUT2D eigenvalue weighted by molar-refractivity contribution is 4.71. The molecule has 0 saturated carbocycles. The number of rotatable bonds is 9. The van der Waals surface area contributed by atoms with E-state index in [0.717, 1.165) is 6.61 Å². The molecule has 0 rings (SSSR count). The molecule has 0 heterocycles. The summed E-state index contributed by atoms with van der Waals surface area (Å²) in [6, 6.07) is 0.520. The van der Waals surface area contributed by atoms with Crippen molar-refractivity contribution in [1.29, 1.82) is 0 Å². The van der Waals surface area contributed by atoms with Gasteiger partial charge in [0.1, 0.15) is 0 Å². The highest BCUT2D eigenvalue weighted by Gasteiger charge is 2.14. The Hall–Kier alpha value is -0.0800.